The van der Waals surface area contributed by atoms with Crippen molar-refractivity contribution in [3.63, 3.8) is 0 Å². The number of aromatic nitrogens is 1. The molecule has 0 fully saturated rings. The number of allylic oxidation sites excluding steroid dienone is 1. The standard InChI is InChI=1S/C22H33N3S/c1-7-15(4)22(5,14(2)3)17-8-9-20-16(12-17)13-18(19(24)10-11-23)21(25-20)26-6/h10,13-15,17H,7-9,12,24H2,1-6H3/b19-10-. The van der Waals surface area contributed by atoms with E-state index in [0.717, 1.165) is 23.4 Å². The summed E-state index contributed by atoms with van der Waals surface area (Å²) in [6.07, 6.45) is 7.95. The molecule has 1 aromatic rings. The van der Waals surface area contributed by atoms with E-state index in [1.165, 1.54) is 30.2 Å². The minimum atomic E-state index is 0.318. The van der Waals surface area contributed by atoms with Crippen LogP contribution < -0.4 is 5.73 Å². The molecule has 0 spiro atoms. The molecule has 1 aliphatic rings. The van der Waals surface area contributed by atoms with E-state index in [-0.39, 0.29) is 0 Å². The summed E-state index contributed by atoms with van der Waals surface area (Å²) in [7, 11) is 0. The summed E-state index contributed by atoms with van der Waals surface area (Å²) in [4.78, 5) is 4.89. The minimum absolute atomic E-state index is 0.318. The van der Waals surface area contributed by atoms with Gasteiger partial charge in [-0.05, 0) is 60.3 Å². The first kappa shape index (κ1) is 20.8. The first-order chi connectivity index (χ1) is 12.3. The van der Waals surface area contributed by atoms with E-state index >= 15 is 0 Å². The molecule has 3 atom stereocenters. The average molecular weight is 372 g/mol. The van der Waals surface area contributed by atoms with Gasteiger partial charge in [0.25, 0.3) is 0 Å². The lowest BCUT2D eigenvalue weighted by Gasteiger charge is -2.47. The molecule has 3 nitrogen and oxygen atoms in total. The van der Waals surface area contributed by atoms with Crippen molar-refractivity contribution in [3.05, 3.63) is 29.0 Å². The Kier molecular flexibility index (Phi) is 6.80. The maximum absolute atomic E-state index is 8.96. The molecular weight excluding hydrogens is 338 g/mol. The predicted molar refractivity (Wildman–Crippen MR) is 112 cm³/mol. The zero-order valence-electron chi connectivity index (χ0n) is 17.1. The zero-order chi connectivity index (χ0) is 19.5. The molecule has 2 rings (SSSR count). The molecule has 1 heterocycles. The van der Waals surface area contributed by atoms with Crippen LogP contribution in [0.1, 0.15) is 64.3 Å². The molecule has 1 aromatic heterocycles. The van der Waals surface area contributed by atoms with Gasteiger partial charge in [0, 0.05) is 17.3 Å². The van der Waals surface area contributed by atoms with Crippen molar-refractivity contribution in [1.29, 1.82) is 5.26 Å². The number of pyridine rings is 1. The van der Waals surface area contributed by atoms with E-state index in [4.69, 9.17) is 16.0 Å². The number of nitrogens with zero attached hydrogens (tertiary/aromatic N) is 2. The van der Waals surface area contributed by atoms with Crippen LogP contribution in [-0.4, -0.2) is 11.2 Å². The highest BCUT2D eigenvalue weighted by Gasteiger charge is 2.42. The molecule has 0 radical (unpaired) electrons. The van der Waals surface area contributed by atoms with Gasteiger partial charge >= 0.3 is 0 Å². The summed E-state index contributed by atoms with van der Waals surface area (Å²) in [5, 5.41) is 9.89. The first-order valence-corrected chi connectivity index (χ1v) is 10.9. The Labute approximate surface area is 163 Å². The third-order valence-corrected chi connectivity index (χ3v) is 7.57. The Hall–Kier alpha value is -1.47. The summed E-state index contributed by atoms with van der Waals surface area (Å²) in [5.74, 6) is 1.99. The number of rotatable bonds is 6. The molecule has 0 saturated heterocycles. The largest absolute Gasteiger partial charge is 0.398 e. The third-order valence-electron chi connectivity index (χ3n) is 6.87. The zero-order valence-corrected chi connectivity index (χ0v) is 17.9. The maximum Gasteiger partial charge on any atom is 0.105 e. The van der Waals surface area contributed by atoms with E-state index in [2.05, 4.69) is 40.7 Å². The van der Waals surface area contributed by atoms with Crippen LogP contribution in [-0.2, 0) is 12.8 Å². The summed E-state index contributed by atoms with van der Waals surface area (Å²) < 4.78 is 0. The molecule has 0 amide bonds. The number of aryl methyl sites for hydroxylation is 1. The fraction of sp³-hybridized carbons (Fsp3) is 0.636. The highest BCUT2D eigenvalue weighted by atomic mass is 32.2. The maximum atomic E-state index is 8.96. The van der Waals surface area contributed by atoms with Crippen molar-refractivity contribution in [3.8, 4) is 6.07 Å². The number of hydrogen-bond donors (Lipinski definition) is 1. The Bertz CT molecular complexity index is 717. The molecular formula is C22H33N3S. The van der Waals surface area contributed by atoms with Crippen molar-refractivity contribution < 1.29 is 0 Å². The summed E-state index contributed by atoms with van der Waals surface area (Å²) in [5.41, 5.74) is 10.4. The Morgan fingerprint density at radius 2 is 2.19 bits per heavy atom. The van der Waals surface area contributed by atoms with Crippen LogP contribution in [0, 0.1) is 34.5 Å². The number of hydrogen-bond acceptors (Lipinski definition) is 4. The summed E-state index contributed by atoms with van der Waals surface area (Å²) in [6.45, 7) is 11.9. The Balaban J connectivity index is 2.45. The topological polar surface area (TPSA) is 62.7 Å². The van der Waals surface area contributed by atoms with E-state index < -0.39 is 0 Å². The second-order valence-corrected chi connectivity index (χ2v) is 8.94. The molecule has 0 saturated carbocycles. The van der Waals surface area contributed by atoms with Crippen LogP contribution in [0.5, 0.6) is 0 Å². The molecule has 4 heteroatoms. The van der Waals surface area contributed by atoms with E-state index in [0.29, 0.717) is 28.9 Å². The SMILES string of the molecule is CCC(C)C(C)(C(C)C)C1CCc2nc(SC)c(/C(N)=C/C#N)cc2C1. The molecule has 26 heavy (non-hydrogen) atoms. The van der Waals surface area contributed by atoms with Crippen LogP contribution in [0.3, 0.4) is 0 Å². The molecule has 0 aromatic carbocycles. The lowest BCUT2D eigenvalue weighted by Crippen LogP contribution is -2.41. The van der Waals surface area contributed by atoms with Crippen molar-refractivity contribution >= 4 is 17.5 Å². The van der Waals surface area contributed by atoms with Gasteiger partial charge in [0.15, 0.2) is 0 Å². The van der Waals surface area contributed by atoms with E-state index in [1.807, 2.05) is 12.3 Å². The van der Waals surface area contributed by atoms with Gasteiger partial charge < -0.3 is 5.73 Å². The number of fused-ring (bicyclic) bond motifs is 1. The highest BCUT2D eigenvalue weighted by molar-refractivity contribution is 7.98. The molecule has 2 N–H and O–H groups in total. The van der Waals surface area contributed by atoms with Crippen molar-refractivity contribution in [2.75, 3.05) is 6.26 Å². The molecule has 3 unspecified atom stereocenters. The lowest BCUT2D eigenvalue weighted by molar-refractivity contribution is 0.0326. The van der Waals surface area contributed by atoms with Gasteiger partial charge in [0.05, 0.1) is 11.8 Å². The van der Waals surface area contributed by atoms with Crippen LogP contribution >= 0.6 is 11.8 Å². The van der Waals surface area contributed by atoms with Crippen LogP contribution in [0.4, 0.5) is 0 Å². The van der Waals surface area contributed by atoms with Gasteiger partial charge in [-0.2, -0.15) is 5.26 Å². The van der Waals surface area contributed by atoms with Crippen molar-refractivity contribution in [1.82, 2.24) is 4.98 Å². The molecule has 0 aliphatic heterocycles. The predicted octanol–water partition coefficient (Wildman–Crippen LogP) is 5.44. The fourth-order valence-electron chi connectivity index (χ4n) is 4.57. The second kappa shape index (κ2) is 8.48. The smallest absolute Gasteiger partial charge is 0.105 e. The fourth-order valence-corrected chi connectivity index (χ4v) is 5.17. The lowest BCUT2D eigenvalue weighted by atomic mass is 9.57. The Morgan fingerprint density at radius 1 is 1.50 bits per heavy atom. The quantitative estimate of drug-likeness (QED) is 0.534. The third kappa shape index (κ3) is 3.78. The molecule has 0 bridgehead atoms. The van der Waals surface area contributed by atoms with Gasteiger partial charge in [-0.25, -0.2) is 4.98 Å². The van der Waals surface area contributed by atoms with Gasteiger partial charge in [0.2, 0.25) is 0 Å². The van der Waals surface area contributed by atoms with Crippen LogP contribution in [0.25, 0.3) is 5.70 Å². The second-order valence-electron chi connectivity index (χ2n) is 8.15. The van der Waals surface area contributed by atoms with Crippen LogP contribution in [0.15, 0.2) is 17.2 Å². The van der Waals surface area contributed by atoms with Crippen molar-refractivity contribution in [2.24, 2.45) is 28.9 Å². The van der Waals surface area contributed by atoms with Crippen LogP contribution in [0.2, 0.25) is 0 Å². The van der Waals surface area contributed by atoms with Gasteiger partial charge in [-0.1, -0.05) is 41.0 Å². The summed E-state index contributed by atoms with van der Waals surface area (Å²) in [6, 6.07) is 4.24. The number of nitriles is 1. The number of nitrogens with two attached hydrogens (primary N) is 1. The first-order valence-electron chi connectivity index (χ1n) is 9.71. The number of thioether (sulfide) groups is 1. The van der Waals surface area contributed by atoms with Crippen molar-refractivity contribution in [2.45, 2.75) is 65.3 Å². The molecule has 1 aliphatic carbocycles. The molecule has 142 valence electrons. The monoisotopic (exact) mass is 371 g/mol. The Morgan fingerprint density at radius 3 is 2.73 bits per heavy atom. The van der Waals surface area contributed by atoms with Gasteiger partial charge in [-0.15, -0.1) is 11.8 Å². The van der Waals surface area contributed by atoms with Gasteiger partial charge in [-0.3, -0.25) is 0 Å². The van der Waals surface area contributed by atoms with E-state index in [1.54, 1.807) is 11.8 Å². The highest BCUT2D eigenvalue weighted by Crippen LogP contribution is 2.49. The van der Waals surface area contributed by atoms with E-state index in [9.17, 15) is 0 Å². The average Bonchev–Trinajstić information content (AvgIpc) is 2.64. The van der Waals surface area contributed by atoms with Gasteiger partial charge in [0.1, 0.15) is 5.03 Å². The normalized spacial score (nSPS) is 21.0. The summed E-state index contributed by atoms with van der Waals surface area (Å²) >= 11 is 1.60. The minimum Gasteiger partial charge on any atom is -0.398 e.